The Morgan fingerprint density at radius 3 is 1.95 bits per heavy atom. The molecule has 0 aromatic heterocycles. The summed E-state index contributed by atoms with van der Waals surface area (Å²) >= 11 is 0. The molecule has 0 spiro atoms. The second kappa shape index (κ2) is 6.02. The minimum absolute atomic E-state index is 0. The van der Waals surface area contributed by atoms with E-state index in [1.54, 1.807) is 20.8 Å². The van der Waals surface area contributed by atoms with E-state index in [4.69, 9.17) is 5.11 Å². The predicted octanol–water partition coefficient (Wildman–Crippen LogP) is 2.29. The second-order valence-electron chi connectivity index (χ2n) is 5.00. The van der Waals surface area contributed by atoms with Crippen LogP contribution in [0.2, 0.25) is 0 Å². The van der Waals surface area contributed by atoms with Crippen molar-refractivity contribution in [2.75, 3.05) is 0 Å². The van der Waals surface area contributed by atoms with Gasteiger partial charge in [-0.15, -0.1) is 0 Å². The number of carboxylic acids is 2. The number of hydrogen-bond donors (Lipinski definition) is 2. The van der Waals surface area contributed by atoms with Crippen molar-refractivity contribution >= 4 is 17.6 Å². The molecule has 20 heavy (non-hydrogen) atoms. The van der Waals surface area contributed by atoms with E-state index in [1.807, 2.05) is 0 Å². The molecule has 2 N–H and O–H groups in total. The Kier molecular flexibility index (Phi) is 5.44. The zero-order chi connectivity index (χ0) is 15.0. The van der Waals surface area contributed by atoms with Crippen molar-refractivity contribution in [3.63, 3.8) is 0 Å². The quantitative estimate of drug-likeness (QED) is 0.498. The fourth-order valence-electron chi connectivity index (χ4n) is 1.90. The molecule has 1 aromatic rings. The van der Waals surface area contributed by atoms with Crippen molar-refractivity contribution in [3.8, 4) is 0 Å². The third-order valence-electron chi connectivity index (χ3n) is 2.57. The largest absolute Gasteiger partial charge is 0.478 e. The molecule has 0 atom stereocenters. The van der Waals surface area contributed by atoms with Crippen LogP contribution in [0.3, 0.4) is 0 Å². The normalized spacial score (nSPS) is 10.6. The summed E-state index contributed by atoms with van der Waals surface area (Å²) in [5.41, 5.74) is -2.35. The summed E-state index contributed by atoms with van der Waals surface area (Å²) in [6.07, 6.45) is 0. The number of carboxylic acid groups (broad SMARTS) is 2. The predicted molar refractivity (Wildman–Crippen MR) is 65.7 cm³/mol. The van der Waals surface area contributed by atoms with Gasteiger partial charge in [0.1, 0.15) is 0 Å². The van der Waals surface area contributed by atoms with Gasteiger partial charge in [-0.05, 0) is 11.5 Å². The van der Waals surface area contributed by atoms with Gasteiger partial charge in [0.05, 0.1) is 21.6 Å². The zero-order valence-electron chi connectivity index (χ0n) is 10.9. The molecular formula is C12H13CuNO6. The summed E-state index contributed by atoms with van der Waals surface area (Å²) < 4.78 is 0. The topological polar surface area (TPSA) is 118 Å². The van der Waals surface area contributed by atoms with E-state index in [-0.39, 0.29) is 22.6 Å². The van der Waals surface area contributed by atoms with Crippen LogP contribution in [0.25, 0.3) is 0 Å². The fraction of sp³-hybridized carbons (Fsp3) is 0.333. The molecule has 0 saturated carbocycles. The molecule has 1 aromatic carbocycles. The average molecular weight is 331 g/mol. The van der Waals surface area contributed by atoms with E-state index in [1.165, 1.54) is 0 Å². The number of hydrogen-bond acceptors (Lipinski definition) is 4. The molecule has 0 saturated heterocycles. The van der Waals surface area contributed by atoms with Crippen LogP contribution in [-0.2, 0) is 22.5 Å². The third-order valence-corrected chi connectivity index (χ3v) is 2.57. The Hall–Kier alpha value is -1.92. The molecule has 0 heterocycles. The molecule has 0 bridgehead atoms. The maximum Gasteiger partial charge on any atom is 0.337 e. The van der Waals surface area contributed by atoms with Crippen LogP contribution in [0, 0.1) is 10.1 Å². The SMILES string of the molecule is CC(C)(C)c1c([N+](=O)[O-])ccc(C(=O)O)c1C(=O)O.[Cu]. The van der Waals surface area contributed by atoms with Gasteiger partial charge in [-0.2, -0.15) is 0 Å². The average Bonchev–Trinajstić information content (AvgIpc) is 2.25. The molecule has 7 nitrogen and oxygen atoms in total. The minimum atomic E-state index is -1.49. The molecule has 8 heteroatoms. The van der Waals surface area contributed by atoms with Crippen molar-refractivity contribution in [1.82, 2.24) is 0 Å². The molecule has 1 radical (unpaired) electrons. The number of rotatable bonds is 3. The number of nitro benzene ring substituents is 1. The first kappa shape index (κ1) is 18.1. The van der Waals surface area contributed by atoms with Gasteiger partial charge in [0.2, 0.25) is 0 Å². The van der Waals surface area contributed by atoms with Gasteiger partial charge in [-0.1, -0.05) is 20.8 Å². The molecule has 0 amide bonds. The molecular weight excluding hydrogens is 318 g/mol. The summed E-state index contributed by atoms with van der Waals surface area (Å²) in [5, 5.41) is 29.2. The van der Waals surface area contributed by atoms with Gasteiger partial charge in [0.15, 0.2) is 0 Å². The van der Waals surface area contributed by atoms with E-state index in [0.29, 0.717) is 0 Å². The van der Waals surface area contributed by atoms with Crippen LogP contribution in [0.4, 0.5) is 5.69 Å². The summed E-state index contributed by atoms with van der Waals surface area (Å²) in [6.45, 7) is 4.77. The van der Waals surface area contributed by atoms with Crippen molar-refractivity contribution < 1.29 is 41.8 Å². The number of benzene rings is 1. The van der Waals surface area contributed by atoms with Crippen LogP contribution in [-0.4, -0.2) is 27.1 Å². The van der Waals surface area contributed by atoms with E-state index in [0.717, 1.165) is 12.1 Å². The Labute approximate surface area is 125 Å². The smallest absolute Gasteiger partial charge is 0.337 e. The molecule has 0 aliphatic rings. The maximum atomic E-state index is 11.3. The zero-order valence-corrected chi connectivity index (χ0v) is 11.9. The first-order valence-electron chi connectivity index (χ1n) is 5.35. The summed E-state index contributed by atoms with van der Waals surface area (Å²) in [6, 6.07) is 1.97. The number of nitrogens with zero attached hydrogens (tertiary/aromatic N) is 1. The van der Waals surface area contributed by atoms with Gasteiger partial charge in [-0.3, -0.25) is 10.1 Å². The Morgan fingerprint density at radius 2 is 1.65 bits per heavy atom. The van der Waals surface area contributed by atoms with Crippen molar-refractivity contribution in [2.45, 2.75) is 26.2 Å². The van der Waals surface area contributed by atoms with E-state index in [2.05, 4.69) is 0 Å². The summed E-state index contributed by atoms with van der Waals surface area (Å²) in [7, 11) is 0. The third kappa shape index (κ3) is 3.34. The number of nitro groups is 1. The van der Waals surface area contributed by atoms with E-state index >= 15 is 0 Å². The van der Waals surface area contributed by atoms with Gasteiger partial charge >= 0.3 is 11.9 Å². The fourth-order valence-corrected chi connectivity index (χ4v) is 1.90. The summed E-state index contributed by atoms with van der Waals surface area (Å²) in [5.74, 6) is -2.93. The van der Waals surface area contributed by atoms with Crippen LogP contribution in [0.1, 0.15) is 47.1 Å². The van der Waals surface area contributed by atoms with Gasteiger partial charge in [0, 0.05) is 23.1 Å². The molecule has 0 aliphatic carbocycles. The molecule has 0 fully saturated rings. The van der Waals surface area contributed by atoms with Crippen molar-refractivity contribution in [1.29, 1.82) is 0 Å². The van der Waals surface area contributed by atoms with Crippen LogP contribution in [0.15, 0.2) is 12.1 Å². The first-order chi connectivity index (χ1) is 8.57. The molecule has 1 rings (SSSR count). The van der Waals surface area contributed by atoms with Crippen molar-refractivity contribution in [3.05, 3.63) is 38.9 Å². The van der Waals surface area contributed by atoms with E-state index in [9.17, 15) is 24.8 Å². The first-order valence-corrected chi connectivity index (χ1v) is 5.35. The summed E-state index contributed by atoms with van der Waals surface area (Å²) in [4.78, 5) is 32.6. The number of carbonyl (C=O) groups is 2. The second-order valence-corrected chi connectivity index (χ2v) is 5.00. The standard InChI is InChI=1S/C12H13NO6.Cu/c1-12(2,3)9-7(13(18)19)5-4-6(10(14)15)8(9)11(16)17;/h4-5H,1-3H3,(H,14,15)(H,16,17);. The Balaban J connectivity index is 0.00000361. The minimum Gasteiger partial charge on any atom is -0.478 e. The van der Waals surface area contributed by atoms with E-state index < -0.39 is 39.1 Å². The van der Waals surface area contributed by atoms with Crippen LogP contribution >= 0.6 is 0 Å². The van der Waals surface area contributed by atoms with Crippen LogP contribution in [0.5, 0.6) is 0 Å². The Bertz CT molecular complexity index is 576. The van der Waals surface area contributed by atoms with Crippen LogP contribution < -0.4 is 0 Å². The monoisotopic (exact) mass is 330 g/mol. The Morgan fingerprint density at radius 1 is 1.15 bits per heavy atom. The molecule has 113 valence electrons. The van der Waals surface area contributed by atoms with Gasteiger partial charge in [0.25, 0.3) is 5.69 Å². The molecule has 0 unspecified atom stereocenters. The number of aromatic carboxylic acids is 2. The maximum absolute atomic E-state index is 11.3. The molecule has 0 aliphatic heterocycles. The van der Waals surface area contributed by atoms with Gasteiger partial charge in [-0.25, -0.2) is 9.59 Å². The van der Waals surface area contributed by atoms with Gasteiger partial charge < -0.3 is 10.2 Å². The van der Waals surface area contributed by atoms with Crippen molar-refractivity contribution in [2.24, 2.45) is 0 Å².